The van der Waals surface area contributed by atoms with Crippen LogP contribution in [0.25, 0.3) is 0 Å². The molecule has 1 aliphatic heterocycles. The molecule has 1 amide bonds. The number of nitrogens with one attached hydrogen (secondary N) is 1. The Kier molecular flexibility index (Phi) is 6.56. The molecule has 9 heteroatoms. The Morgan fingerprint density at radius 2 is 2.00 bits per heavy atom. The standard InChI is InChI=1S/C18H20BrN3O3S2/c1-13-4-6-16(15(19)10-13)21-17(23)12-26-18-7-5-14(11-20-18)27(24,25)22-8-2-3-9-22/h4-7,10-11H,2-3,8-9,12H2,1H3,(H,21,23). The zero-order valence-electron chi connectivity index (χ0n) is 14.8. The number of halogens is 1. The lowest BCUT2D eigenvalue weighted by molar-refractivity contribution is -0.113. The van der Waals surface area contributed by atoms with Crippen LogP contribution in [0.15, 0.2) is 50.9 Å². The molecule has 0 spiro atoms. The van der Waals surface area contributed by atoms with Gasteiger partial charge in [-0.25, -0.2) is 13.4 Å². The minimum Gasteiger partial charge on any atom is -0.324 e. The van der Waals surface area contributed by atoms with Gasteiger partial charge >= 0.3 is 0 Å². The van der Waals surface area contributed by atoms with Crippen molar-refractivity contribution in [2.45, 2.75) is 29.7 Å². The molecular weight excluding hydrogens is 450 g/mol. The monoisotopic (exact) mass is 469 g/mol. The number of aryl methyl sites for hydroxylation is 1. The second-order valence-electron chi connectivity index (χ2n) is 6.26. The second kappa shape index (κ2) is 8.72. The lowest BCUT2D eigenvalue weighted by Crippen LogP contribution is -2.27. The first-order chi connectivity index (χ1) is 12.9. The van der Waals surface area contributed by atoms with Gasteiger partial charge in [0.05, 0.1) is 16.5 Å². The quantitative estimate of drug-likeness (QED) is 0.652. The first-order valence-electron chi connectivity index (χ1n) is 8.51. The van der Waals surface area contributed by atoms with Crippen molar-refractivity contribution in [3.05, 3.63) is 46.6 Å². The van der Waals surface area contributed by atoms with Crippen LogP contribution < -0.4 is 5.32 Å². The summed E-state index contributed by atoms with van der Waals surface area (Å²) in [5.41, 5.74) is 1.81. The minimum absolute atomic E-state index is 0.153. The van der Waals surface area contributed by atoms with Gasteiger partial charge in [0.1, 0.15) is 4.90 Å². The SMILES string of the molecule is Cc1ccc(NC(=O)CSc2ccc(S(=O)(=O)N3CCCC3)cn2)c(Br)c1. The van der Waals surface area contributed by atoms with Crippen molar-refractivity contribution in [1.82, 2.24) is 9.29 Å². The molecule has 3 rings (SSSR count). The number of thioether (sulfide) groups is 1. The highest BCUT2D eigenvalue weighted by atomic mass is 79.9. The maximum absolute atomic E-state index is 12.5. The summed E-state index contributed by atoms with van der Waals surface area (Å²) in [6.07, 6.45) is 3.16. The van der Waals surface area contributed by atoms with Crippen LogP contribution in [-0.2, 0) is 14.8 Å². The molecule has 1 fully saturated rings. The maximum Gasteiger partial charge on any atom is 0.244 e. The van der Waals surface area contributed by atoms with E-state index in [0.717, 1.165) is 22.9 Å². The number of aromatic nitrogens is 1. The van der Waals surface area contributed by atoms with Crippen LogP contribution in [0.5, 0.6) is 0 Å². The molecule has 2 heterocycles. The van der Waals surface area contributed by atoms with E-state index >= 15 is 0 Å². The third kappa shape index (κ3) is 5.10. The number of benzene rings is 1. The highest BCUT2D eigenvalue weighted by molar-refractivity contribution is 9.10. The van der Waals surface area contributed by atoms with Crippen molar-refractivity contribution in [3.8, 4) is 0 Å². The normalized spacial score (nSPS) is 15.0. The largest absolute Gasteiger partial charge is 0.324 e. The number of sulfonamides is 1. The van der Waals surface area contributed by atoms with E-state index in [-0.39, 0.29) is 16.6 Å². The van der Waals surface area contributed by atoms with Crippen molar-refractivity contribution in [1.29, 1.82) is 0 Å². The van der Waals surface area contributed by atoms with Crippen molar-refractivity contribution in [3.63, 3.8) is 0 Å². The second-order valence-corrected chi connectivity index (χ2v) is 10.1. The van der Waals surface area contributed by atoms with Gasteiger partial charge < -0.3 is 5.32 Å². The van der Waals surface area contributed by atoms with E-state index in [1.165, 1.54) is 22.3 Å². The lowest BCUT2D eigenvalue weighted by Gasteiger charge is -2.15. The van der Waals surface area contributed by atoms with Crippen LogP contribution in [0, 0.1) is 6.92 Å². The van der Waals surface area contributed by atoms with Crippen LogP contribution >= 0.6 is 27.7 Å². The van der Waals surface area contributed by atoms with Gasteiger partial charge in [0, 0.05) is 23.8 Å². The third-order valence-electron chi connectivity index (χ3n) is 4.16. The fourth-order valence-electron chi connectivity index (χ4n) is 2.73. The predicted molar refractivity (Wildman–Crippen MR) is 110 cm³/mol. The molecule has 1 aromatic carbocycles. The van der Waals surface area contributed by atoms with E-state index in [0.29, 0.717) is 23.8 Å². The summed E-state index contributed by atoms with van der Waals surface area (Å²) in [5.74, 6) is 0.0334. The minimum atomic E-state index is -3.46. The van der Waals surface area contributed by atoms with E-state index in [4.69, 9.17) is 0 Å². The van der Waals surface area contributed by atoms with Gasteiger partial charge in [-0.1, -0.05) is 17.8 Å². The molecule has 0 saturated carbocycles. The number of rotatable bonds is 6. The molecular formula is C18H20BrN3O3S2. The smallest absolute Gasteiger partial charge is 0.244 e. The van der Waals surface area contributed by atoms with Crippen molar-refractivity contribution in [2.75, 3.05) is 24.2 Å². The summed E-state index contributed by atoms with van der Waals surface area (Å²) >= 11 is 4.69. The molecule has 6 nitrogen and oxygen atoms in total. The van der Waals surface area contributed by atoms with Crippen molar-refractivity contribution < 1.29 is 13.2 Å². The van der Waals surface area contributed by atoms with Crippen LogP contribution in [-0.4, -0.2) is 42.5 Å². The molecule has 0 atom stereocenters. The highest BCUT2D eigenvalue weighted by Crippen LogP contribution is 2.25. The molecule has 2 aromatic rings. The number of hydrogen-bond acceptors (Lipinski definition) is 5. The zero-order valence-corrected chi connectivity index (χ0v) is 18.0. The van der Waals surface area contributed by atoms with Gasteiger partial charge in [-0.3, -0.25) is 4.79 Å². The van der Waals surface area contributed by atoms with Crippen LogP contribution in [0.4, 0.5) is 5.69 Å². The van der Waals surface area contributed by atoms with Crippen molar-refractivity contribution >= 4 is 49.3 Å². The Morgan fingerprint density at radius 1 is 1.26 bits per heavy atom. The molecule has 144 valence electrons. The third-order valence-corrected chi connectivity index (χ3v) is 7.64. The topological polar surface area (TPSA) is 79.4 Å². The van der Waals surface area contributed by atoms with Gasteiger partial charge in [0.25, 0.3) is 0 Å². The van der Waals surface area contributed by atoms with Crippen LogP contribution in [0.3, 0.4) is 0 Å². The summed E-state index contributed by atoms with van der Waals surface area (Å²) in [6, 6.07) is 8.90. The van der Waals surface area contributed by atoms with E-state index in [1.807, 2.05) is 25.1 Å². The molecule has 1 N–H and O–H groups in total. The molecule has 27 heavy (non-hydrogen) atoms. The zero-order chi connectivity index (χ0) is 19.4. The van der Waals surface area contributed by atoms with E-state index in [2.05, 4.69) is 26.2 Å². The van der Waals surface area contributed by atoms with E-state index in [9.17, 15) is 13.2 Å². The van der Waals surface area contributed by atoms with Crippen LogP contribution in [0.1, 0.15) is 18.4 Å². The summed E-state index contributed by atoms with van der Waals surface area (Å²) in [4.78, 5) is 16.5. The molecule has 0 bridgehead atoms. The number of hydrogen-bond donors (Lipinski definition) is 1. The molecule has 0 radical (unpaired) electrons. The maximum atomic E-state index is 12.5. The molecule has 0 unspecified atom stereocenters. The number of nitrogens with zero attached hydrogens (tertiary/aromatic N) is 2. The number of anilines is 1. The van der Waals surface area contributed by atoms with Gasteiger partial charge in [-0.05, 0) is 65.5 Å². The fourth-order valence-corrected chi connectivity index (χ4v) is 5.43. The molecule has 1 aromatic heterocycles. The summed E-state index contributed by atoms with van der Waals surface area (Å²) in [5, 5.41) is 3.45. The summed E-state index contributed by atoms with van der Waals surface area (Å²) in [7, 11) is -3.46. The number of pyridine rings is 1. The van der Waals surface area contributed by atoms with E-state index < -0.39 is 10.0 Å². The fraction of sp³-hybridized carbons (Fsp3) is 0.333. The Morgan fingerprint density at radius 3 is 2.63 bits per heavy atom. The first-order valence-corrected chi connectivity index (χ1v) is 11.7. The highest BCUT2D eigenvalue weighted by Gasteiger charge is 2.27. The van der Waals surface area contributed by atoms with Gasteiger partial charge in [0.15, 0.2) is 0 Å². The molecule has 1 saturated heterocycles. The predicted octanol–water partition coefficient (Wildman–Crippen LogP) is 3.67. The van der Waals surface area contributed by atoms with Crippen molar-refractivity contribution in [2.24, 2.45) is 0 Å². The lowest BCUT2D eigenvalue weighted by atomic mass is 10.2. The Bertz CT molecular complexity index is 927. The average Bonchev–Trinajstić information content (AvgIpc) is 3.18. The number of carbonyl (C=O) groups excluding carboxylic acids is 1. The average molecular weight is 470 g/mol. The van der Waals surface area contributed by atoms with Gasteiger partial charge in [0.2, 0.25) is 15.9 Å². The summed E-state index contributed by atoms with van der Waals surface area (Å²) in [6.45, 7) is 3.10. The molecule has 0 aliphatic carbocycles. The van der Waals surface area contributed by atoms with E-state index in [1.54, 1.807) is 12.1 Å². The Labute approximate surface area is 171 Å². The van der Waals surface area contributed by atoms with Gasteiger partial charge in [-0.2, -0.15) is 4.31 Å². The first kappa shape index (κ1) is 20.3. The number of amides is 1. The summed E-state index contributed by atoms with van der Waals surface area (Å²) < 4.78 is 27.3. The van der Waals surface area contributed by atoms with Crippen LogP contribution in [0.2, 0.25) is 0 Å². The molecule has 1 aliphatic rings. The Balaban J connectivity index is 1.57. The number of carbonyl (C=O) groups is 1. The van der Waals surface area contributed by atoms with Gasteiger partial charge in [-0.15, -0.1) is 0 Å². The Hall–Kier alpha value is -1.42.